The zero-order valence-electron chi connectivity index (χ0n) is 13.4. The Labute approximate surface area is 127 Å². The summed E-state index contributed by atoms with van der Waals surface area (Å²) in [7, 11) is 1.90. The quantitative estimate of drug-likeness (QED) is 0.859. The van der Waals surface area contributed by atoms with E-state index in [1.165, 1.54) is 12.8 Å². The van der Waals surface area contributed by atoms with Crippen molar-refractivity contribution in [2.75, 3.05) is 20.1 Å². The van der Waals surface area contributed by atoms with E-state index in [1.807, 2.05) is 23.8 Å². The van der Waals surface area contributed by atoms with Gasteiger partial charge >= 0.3 is 5.97 Å². The van der Waals surface area contributed by atoms with Crippen LogP contribution < -0.4 is 0 Å². The Bertz CT molecular complexity index is 391. The number of carbonyl (C=O) groups is 2. The average Bonchev–Trinajstić information content (AvgIpc) is 2.80. The fourth-order valence-corrected chi connectivity index (χ4v) is 3.68. The first-order valence-corrected chi connectivity index (χ1v) is 8.12. The normalized spacial score (nSPS) is 33.9. The lowest BCUT2D eigenvalue weighted by Crippen LogP contribution is -2.46. The van der Waals surface area contributed by atoms with Crippen LogP contribution in [0.4, 0.5) is 0 Å². The maximum absolute atomic E-state index is 12.4. The second kappa shape index (κ2) is 6.77. The summed E-state index contributed by atoms with van der Waals surface area (Å²) in [4.78, 5) is 27.5. The molecule has 2 rings (SSSR count). The molecular weight excluding hydrogens is 268 g/mol. The second-order valence-electron chi connectivity index (χ2n) is 6.86. The molecule has 0 spiro atoms. The summed E-state index contributed by atoms with van der Waals surface area (Å²) in [6.07, 6.45) is 5.23. The van der Waals surface area contributed by atoms with Crippen molar-refractivity contribution in [3.05, 3.63) is 0 Å². The lowest BCUT2D eigenvalue weighted by atomic mass is 9.87. The molecule has 0 aromatic rings. The number of carboxylic acid groups (broad SMARTS) is 1. The summed E-state index contributed by atoms with van der Waals surface area (Å²) in [6.45, 7) is 5.25. The predicted octanol–water partition coefficient (Wildman–Crippen LogP) is 1.82. The van der Waals surface area contributed by atoms with E-state index in [4.69, 9.17) is 5.11 Å². The summed E-state index contributed by atoms with van der Waals surface area (Å²) < 4.78 is 0. The molecule has 0 aromatic heterocycles. The van der Waals surface area contributed by atoms with Crippen LogP contribution in [0.5, 0.6) is 0 Å². The zero-order valence-corrected chi connectivity index (χ0v) is 13.4. The SMILES string of the molecule is CC1CCC(N(C)C(=O)CN2CCC(C(=O)O)C2C)CC1. The van der Waals surface area contributed by atoms with Gasteiger partial charge in [-0.05, 0) is 51.5 Å². The highest BCUT2D eigenvalue weighted by molar-refractivity contribution is 5.79. The minimum atomic E-state index is -0.743. The third-order valence-corrected chi connectivity index (χ3v) is 5.47. The van der Waals surface area contributed by atoms with Gasteiger partial charge in [-0.1, -0.05) is 6.92 Å². The summed E-state index contributed by atoms with van der Waals surface area (Å²) in [5.41, 5.74) is 0. The first-order chi connectivity index (χ1) is 9.90. The number of carboxylic acids is 1. The molecule has 0 bridgehead atoms. The molecule has 2 atom stereocenters. The molecule has 1 aliphatic carbocycles. The smallest absolute Gasteiger partial charge is 0.308 e. The van der Waals surface area contributed by atoms with Gasteiger partial charge in [0.2, 0.25) is 5.91 Å². The van der Waals surface area contributed by atoms with Crippen molar-refractivity contribution in [3.63, 3.8) is 0 Å². The van der Waals surface area contributed by atoms with Gasteiger partial charge in [-0.25, -0.2) is 0 Å². The molecule has 1 aliphatic heterocycles. The first-order valence-electron chi connectivity index (χ1n) is 8.12. The monoisotopic (exact) mass is 296 g/mol. The molecule has 21 heavy (non-hydrogen) atoms. The molecule has 1 saturated carbocycles. The van der Waals surface area contributed by atoms with Crippen molar-refractivity contribution >= 4 is 11.9 Å². The first kappa shape index (κ1) is 16.3. The Morgan fingerprint density at radius 2 is 1.76 bits per heavy atom. The molecule has 5 nitrogen and oxygen atoms in total. The highest BCUT2D eigenvalue weighted by Gasteiger charge is 2.37. The van der Waals surface area contributed by atoms with Gasteiger partial charge in [0.25, 0.3) is 0 Å². The van der Waals surface area contributed by atoms with E-state index >= 15 is 0 Å². The Kier molecular flexibility index (Phi) is 5.25. The third-order valence-electron chi connectivity index (χ3n) is 5.47. The van der Waals surface area contributed by atoms with Gasteiger partial charge in [0, 0.05) is 19.1 Å². The topological polar surface area (TPSA) is 60.9 Å². The molecular formula is C16H28N2O3. The molecule has 1 N–H and O–H groups in total. The van der Waals surface area contributed by atoms with E-state index < -0.39 is 5.97 Å². The van der Waals surface area contributed by atoms with Crippen molar-refractivity contribution < 1.29 is 14.7 Å². The second-order valence-corrected chi connectivity index (χ2v) is 6.86. The van der Waals surface area contributed by atoms with E-state index in [2.05, 4.69) is 6.92 Å². The highest BCUT2D eigenvalue weighted by atomic mass is 16.4. The van der Waals surface area contributed by atoms with Crippen LogP contribution in [0.15, 0.2) is 0 Å². The number of hydrogen-bond acceptors (Lipinski definition) is 3. The van der Waals surface area contributed by atoms with Crippen LogP contribution in [0.25, 0.3) is 0 Å². The lowest BCUT2D eigenvalue weighted by Gasteiger charge is -2.35. The van der Waals surface area contributed by atoms with Gasteiger partial charge in [-0.15, -0.1) is 0 Å². The van der Waals surface area contributed by atoms with Gasteiger partial charge < -0.3 is 10.0 Å². The molecule has 2 fully saturated rings. The van der Waals surface area contributed by atoms with Crippen molar-refractivity contribution in [1.29, 1.82) is 0 Å². The Morgan fingerprint density at radius 1 is 1.14 bits per heavy atom. The highest BCUT2D eigenvalue weighted by Crippen LogP contribution is 2.27. The van der Waals surface area contributed by atoms with Crippen LogP contribution >= 0.6 is 0 Å². The molecule has 1 saturated heterocycles. The van der Waals surface area contributed by atoms with Crippen molar-refractivity contribution in [2.45, 2.75) is 58.0 Å². The number of amides is 1. The largest absolute Gasteiger partial charge is 0.481 e. The van der Waals surface area contributed by atoms with Crippen LogP contribution in [0, 0.1) is 11.8 Å². The van der Waals surface area contributed by atoms with Gasteiger partial charge in [0.1, 0.15) is 0 Å². The van der Waals surface area contributed by atoms with E-state index in [-0.39, 0.29) is 17.9 Å². The molecule has 0 radical (unpaired) electrons. The number of likely N-dealkylation sites (tertiary alicyclic amines) is 1. The van der Waals surface area contributed by atoms with E-state index in [1.54, 1.807) is 0 Å². The van der Waals surface area contributed by atoms with Crippen molar-refractivity contribution in [1.82, 2.24) is 9.80 Å². The van der Waals surface area contributed by atoms with Crippen molar-refractivity contribution in [3.8, 4) is 0 Å². The van der Waals surface area contributed by atoms with Crippen LogP contribution in [0.2, 0.25) is 0 Å². The summed E-state index contributed by atoms with van der Waals surface area (Å²) in [5, 5.41) is 9.15. The number of likely N-dealkylation sites (N-methyl/N-ethyl adjacent to an activating group) is 1. The van der Waals surface area contributed by atoms with Crippen LogP contribution in [0.1, 0.15) is 46.0 Å². The minimum absolute atomic E-state index is 0.0498. The molecule has 0 aromatic carbocycles. The minimum Gasteiger partial charge on any atom is -0.481 e. The van der Waals surface area contributed by atoms with Crippen LogP contribution in [-0.4, -0.2) is 59.0 Å². The van der Waals surface area contributed by atoms with E-state index in [0.717, 1.165) is 18.8 Å². The number of carbonyl (C=O) groups excluding carboxylic acids is 1. The van der Waals surface area contributed by atoms with Gasteiger partial charge in [0.15, 0.2) is 0 Å². The zero-order chi connectivity index (χ0) is 15.6. The summed E-state index contributed by atoms with van der Waals surface area (Å²) in [5.74, 6) is -0.169. The molecule has 1 heterocycles. The predicted molar refractivity (Wildman–Crippen MR) is 81.0 cm³/mol. The van der Waals surface area contributed by atoms with Crippen molar-refractivity contribution in [2.24, 2.45) is 11.8 Å². The maximum atomic E-state index is 12.4. The fourth-order valence-electron chi connectivity index (χ4n) is 3.68. The van der Waals surface area contributed by atoms with E-state index in [9.17, 15) is 9.59 Å². The number of nitrogens with zero attached hydrogens (tertiary/aromatic N) is 2. The van der Waals surface area contributed by atoms with Crippen LogP contribution in [0.3, 0.4) is 0 Å². The summed E-state index contributed by atoms with van der Waals surface area (Å²) in [6, 6.07) is 0.313. The molecule has 1 amide bonds. The fraction of sp³-hybridized carbons (Fsp3) is 0.875. The standard InChI is InChI=1S/C16H28N2O3/c1-11-4-6-13(7-5-11)17(3)15(19)10-18-9-8-14(12(18)2)16(20)21/h11-14H,4-10H2,1-3H3,(H,20,21). The molecule has 5 heteroatoms. The Balaban J connectivity index is 1.85. The van der Waals surface area contributed by atoms with Gasteiger partial charge in [0.05, 0.1) is 12.5 Å². The maximum Gasteiger partial charge on any atom is 0.308 e. The lowest BCUT2D eigenvalue weighted by molar-refractivity contribution is -0.143. The number of hydrogen-bond donors (Lipinski definition) is 1. The Morgan fingerprint density at radius 3 is 2.29 bits per heavy atom. The summed E-state index contributed by atoms with van der Waals surface area (Å²) >= 11 is 0. The van der Waals surface area contributed by atoms with Crippen LogP contribution in [-0.2, 0) is 9.59 Å². The number of aliphatic carboxylic acids is 1. The molecule has 2 unspecified atom stereocenters. The van der Waals surface area contributed by atoms with Gasteiger partial charge in [-0.2, -0.15) is 0 Å². The van der Waals surface area contributed by atoms with Gasteiger partial charge in [-0.3, -0.25) is 14.5 Å². The Hall–Kier alpha value is -1.10. The molecule has 120 valence electrons. The third kappa shape index (κ3) is 3.76. The number of rotatable bonds is 4. The average molecular weight is 296 g/mol. The van der Waals surface area contributed by atoms with E-state index in [0.29, 0.717) is 25.6 Å². The molecule has 2 aliphatic rings.